The Kier molecular flexibility index (Phi) is 43.1. The Morgan fingerprint density at radius 1 is 0.541 bits per heavy atom. The highest BCUT2D eigenvalue weighted by molar-refractivity contribution is 8.76. The lowest BCUT2D eigenvalue weighted by Crippen LogP contribution is -2.62. The number of H-pyrrole nitrogens is 3. The molecule has 1 aliphatic heterocycles. The van der Waals surface area contributed by atoms with E-state index in [-0.39, 0.29) is 63.7 Å². The Bertz CT molecular complexity index is 4990. The quantitative estimate of drug-likeness (QED) is 0.00767. The SMILES string of the molecule is CC[C@H](C)[C@H](NC(=O)[C@H](CCCNC(=N)N)NC(=O)[C@H](CCC(=O)O)NC(C)=O)C(=O)N[C@H]1CSSC[C@@H](C(=O)N[C@H](C(N)=O)[C@@H](C)O)NC(=O)[C@H](CCCNC(=N)N)NC(=O)[C@H](Cc2cnc[nH]2)NC(=O)[C@H](C)NC(=O)CNC(=O)[C@H](Cc2c[nH]c3ccccc23)NC(=O)[C@H](CC(=O)O)NC(=O)[C@H](CCC(N)=O)NC(=O)[C@H](Cc2c[nH]c3ccccc23)NC(=O)[C@H](C(C)C)NC1=O. The second-order valence-corrected chi connectivity index (χ2v) is 34.6. The minimum Gasteiger partial charge on any atom is -0.481 e. The van der Waals surface area contributed by atoms with Gasteiger partial charge in [0.15, 0.2) is 11.9 Å². The van der Waals surface area contributed by atoms with Crippen LogP contribution in [0.15, 0.2) is 73.4 Å². The van der Waals surface area contributed by atoms with Crippen LogP contribution in [0.4, 0.5) is 0 Å². The van der Waals surface area contributed by atoms with Gasteiger partial charge in [-0.2, -0.15) is 0 Å². The number of aromatic amines is 3. The molecule has 49 nitrogen and oxygen atoms in total. The van der Waals surface area contributed by atoms with Gasteiger partial charge < -0.3 is 144 Å². The normalized spacial score (nSPS) is 21.3. The van der Waals surface area contributed by atoms with Gasteiger partial charge in [-0.05, 0) is 87.5 Å². The number of carbonyl (C=O) groups is 19. The minimum absolute atomic E-state index is 0.00729. The number of aliphatic hydroxyl groups excluding tert-OH is 1. The van der Waals surface area contributed by atoms with E-state index in [2.05, 4.69) is 110 Å². The van der Waals surface area contributed by atoms with Crippen molar-refractivity contribution in [2.45, 2.75) is 223 Å². The molecular weight excluding hydrogens is 1780 g/mol. The van der Waals surface area contributed by atoms with Gasteiger partial charge in [0, 0.05) is 110 Å². The van der Waals surface area contributed by atoms with E-state index in [1.54, 1.807) is 55.5 Å². The van der Waals surface area contributed by atoms with Crippen molar-refractivity contribution in [2.75, 3.05) is 31.1 Å². The Balaban J connectivity index is 1.52. The van der Waals surface area contributed by atoms with E-state index in [0.717, 1.165) is 35.4 Å². The summed E-state index contributed by atoms with van der Waals surface area (Å²) >= 11 is 0. The average Bonchev–Trinajstić information content (AvgIpc) is 1.72. The van der Waals surface area contributed by atoms with Gasteiger partial charge in [-0.3, -0.25) is 102 Å². The lowest BCUT2D eigenvalue weighted by atomic mass is 9.97. The summed E-state index contributed by atoms with van der Waals surface area (Å²) < 4.78 is 0. The number of nitrogens with zero attached hydrogens (tertiary/aromatic N) is 1. The average molecular weight is 1900 g/mol. The van der Waals surface area contributed by atoms with E-state index in [0.29, 0.717) is 32.9 Å². The number of amides is 17. The number of guanidine groups is 2. The molecule has 16 atom stereocenters. The summed E-state index contributed by atoms with van der Waals surface area (Å²) in [5.41, 5.74) is 24.5. The number of benzene rings is 2. The van der Waals surface area contributed by atoms with Gasteiger partial charge in [-0.15, -0.1) is 0 Å². The van der Waals surface area contributed by atoms with Crippen LogP contribution in [0.25, 0.3) is 21.8 Å². The van der Waals surface area contributed by atoms with Crippen LogP contribution >= 0.6 is 21.6 Å². The monoisotopic (exact) mass is 1900 g/mol. The smallest absolute Gasteiger partial charge is 0.305 e. The van der Waals surface area contributed by atoms with Crippen LogP contribution in [0, 0.1) is 22.7 Å². The fraction of sp³-hybridized carbons (Fsp3) is 0.512. The molecule has 0 aliphatic carbocycles. The van der Waals surface area contributed by atoms with Crippen molar-refractivity contribution in [3.63, 3.8) is 0 Å². The molecule has 133 heavy (non-hydrogen) atoms. The third-order valence-corrected chi connectivity index (χ3v) is 23.5. The number of hydrogen-bond donors (Lipinski definition) is 29. The first-order valence-corrected chi connectivity index (χ1v) is 45.1. The lowest BCUT2D eigenvalue weighted by Gasteiger charge is -2.30. The van der Waals surface area contributed by atoms with Crippen molar-refractivity contribution < 1.29 is 106 Å². The number of nitrogens with two attached hydrogens (primary N) is 4. The molecule has 1 aliphatic rings. The van der Waals surface area contributed by atoms with Gasteiger partial charge in [0.1, 0.15) is 84.6 Å². The van der Waals surface area contributed by atoms with Crippen LogP contribution in [-0.2, 0) is 110 Å². The summed E-state index contributed by atoms with van der Waals surface area (Å²) in [6, 6.07) is -11.0. The summed E-state index contributed by atoms with van der Waals surface area (Å²) in [6.07, 6.45) is -1.37. The molecule has 4 heterocycles. The standard InChI is InChI=1S/C82H119N27O22S2/c1-8-39(4)65(108-73(124)51(20-14-26-91-82(87)88)98-71(122)52(97-42(7)111)22-24-62(114)115)80(131)106-59-36-133-132-35-58(78(129)109-66(41(6)110)67(84)118)105-70(121)50(19-13-25-90-81(85)86)99-75(126)56(29-45-33-89-37-95-45)101-68(119)40(5)96-61(113)34-94-69(120)54(27-43-31-92-48-17-11-9-15-46(43)48)102-76(127)57(30-63(116)117)103-72(123)53(21-23-60(83)112)100-74(125)55(104-79(130)64(38(2)3)107-77(59)128)28-44-32-93-49-18-12-10-16-47(44)49/h9-12,15-18,31-33,37-41,50-59,64-66,92-93,110H,8,13-14,19-30,34-36H2,1-7H3,(H2,83,112)(H2,84,118)(H,89,95)(H,94,120)(H,96,113)(H,97,111)(H,98,122)(H,99,126)(H,100,125)(H,101,119)(H,102,127)(H,103,123)(H,104,130)(H,105,121)(H,106,131)(H,107,128)(H,108,124)(H,109,129)(H,114,115)(H,116,117)(H4,85,86,90)(H4,87,88,91)/t39-,40-,41+,50-,51-,52-,53-,54-,55-,56-,57-,58-,59-,64-,65-,66-/m0/s1. The Morgan fingerprint density at radius 3 is 1.61 bits per heavy atom. The first-order chi connectivity index (χ1) is 62.9. The molecule has 0 unspecified atom stereocenters. The number of nitrogens with one attached hydrogen (secondary N) is 22. The Labute approximate surface area is 770 Å². The first kappa shape index (κ1) is 108. The van der Waals surface area contributed by atoms with Crippen LogP contribution in [0.1, 0.15) is 129 Å². The largest absolute Gasteiger partial charge is 0.481 e. The molecule has 1 saturated heterocycles. The fourth-order valence-corrected chi connectivity index (χ4v) is 16.1. The van der Waals surface area contributed by atoms with E-state index in [1.807, 2.05) is 0 Å². The number of aromatic nitrogens is 4. The molecule has 33 N–H and O–H groups in total. The van der Waals surface area contributed by atoms with Crippen LogP contribution in [-0.4, -0.2) is 281 Å². The number of aliphatic carboxylic acids is 2. The number of rotatable bonds is 36. The molecule has 0 bridgehead atoms. The maximum Gasteiger partial charge on any atom is 0.305 e. The number of carboxylic acid groups (broad SMARTS) is 2. The van der Waals surface area contributed by atoms with Gasteiger partial charge >= 0.3 is 11.9 Å². The number of para-hydroxylation sites is 2. The van der Waals surface area contributed by atoms with Crippen molar-refractivity contribution in [2.24, 2.45) is 34.8 Å². The van der Waals surface area contributed by atoms with E-state index in [9.17, 15) is 82.4 Å². The predicted molar refractivity (Wildman–Crippen MR) is 484 cm³/mol. The number of carboxylic acids is 2. The molecule has 2 aromatic carbocycles. The highest BCUT2D eigenvalue weighted by Gasteiger charge is 2.41. The summed E-state index contributed by atoms with van der Waals surface area (Å²) in [4.78, 5) is 282. The molecule has 0 saturated carbocycles. The van der Waals surface area contributed by atoms with Gasteiger partial charge in [0.05, 0.1) is 25.4 Å². The molecule has 0 spiro atoms. The second kappa shape index (κ2) is 53.2. The molecule has 1 fully saturated rings. The van der Waals surface area contributed by atoms with Gasteiger partial charge in [0.25, 0.3) is 0 Å². The first-order valence-electron chi connectivity index (χ1n) is 42.6. The molecule has 5 aromatic rings. The zero-order chi connectivity index (χ0) is 98.5. The fourth-order valence-electron chi connectivity index (χ4n) is 13.7. The van der Waals surface area contributed by atoms with Gasteiger partial charge in [0.2, 0.25) is 100 Å². The summed E-state index contributed by atoms with van der Waals surface area (Å²) in [6.45, 7) is 8.43. The third-order valence-electron chi connectivity index (χ3n) is 21.1. The number of carbonyl (C=O) groups excluding carboxylic acids is 17. The zero-order valence-electron chi connectivity index (χ0n) is 74.1. The maximum atomic E-state index is 15.5. The summed E-state index contributed by atoms with van der Waals surface area (Å²) in [7, 11) is 1.44. The molecule has 6 rings (SSSR count). The van der Waals surface area contributed by atoms with E-state index in [4.69, 9.17) is 33.8 Å². The van der Waals surface area contributed by atoms with Crippen molar-refractivity contribution in [1.82, 2.24) is 110 Å². The predicted octanol–water partition coefficient (Wildman–Crippen LogP) is -6.56. The van der Waals surface area contributed by atoms with Crippen LogP contribution in [0.3, 0.4) is 0 Å². The van der Waals surface area contributed by atoms with Crippen molar-refractivity contribution in [3.05, 3.63) is 90.3 Å². The summed E-state index contributed by atoms with van der Waals surface area (Å²) in [5.74, 6) is -25.8. The topological polar surface area (TPSA) is 802 Å². The van der Waals surface area contributed by atoms with Crippen LogP contribution < -0.4 is 113 Å². The molecule has 3 aromatic heterocycles. The minimum atomic E-state index is -2.12. The zero-order valence-corrected chi connectivity index (χ0v) is 75.8. The number of aliphatic hydroxyl groups is 1. The van der Waals surface area contributed by atoms with Crippen molar-refractivity contribution in [3.8, 4) is 0 Å². The number of hydrogen-bond acceptors (Lipinski definition) is 25. The van der Waals surface area contributed by atoms with Crippen LogP contribution in [0.2, 0.25) is 0 Å². The van der Waals surface area contributed by atoms with Crippen LogP contribution in [0.5, 0.6) is 0 Å². The van der Waals surface area contributed by atoms with E-state index >= 15 is 24.0 Å². The molecule has 51 heteroatoms. The lowest BCUT2D eigenvalue weighted by molar-refractivity contribution is -0.141. The van der Waals surface area contributed by atoms with E-state index < -0.39 is 283 Å². The Hall–Kier alpha value is -14.1. The Morgan fingerprint density at radius 2 is 1.06 bits per heavy atom. The molecule has 17 amide bonds. The van der Waals surface area contributed by atoms with Gasteiger partial charge in [-0.1, -0.05) is 92.1 Å². The molecular formula is C82H119N27O22S2. The highest BCUT2D eigenvalue weighted by atomic mass is 33.1. The van der Waals surface area contributed by atoms with Gasteiger partial charge in [-0.25, -0.2) is 4.98 Å². The number of primary amides is 2. The maximum absolute atomic E-state index is 15.5. The van der Waals surface area contributed by atoms with E-state index in [1.165, 1.54) is 52.6 Å². The van der Waals surface area contributed by atoms with Crippen molar-refractivity contribution >= 4 is 168 Å². The summed E-state index contributed by atoms with van der Waals surface area (Å²) in [5, 5.41) is 89.6. The second-order valence-electron chi connectivity index (χ2n) is 32.0. The highest BCUT2D eigenvalue weighted by Crippen LogP contribution is 2.26. The van der Waals surface area contributed by atoms with Crippen molar-refractivity contribution in [1.29, 1.82) is 10.8 Å². The number of imidazole rings is 1. The number of fused-ring (bicyclic) bond motifs is 2. The molecule has 0 radical (unpaired) electrons. The third kappa shape index (κ3) is 35.6. The molecule has 726 valence electrons.